The molecule has 1 fully saturated rings. The van der Waals surface area contributed by atoms with Crippen molar-refractivity contribution in [1.82, 2.24) is 10.3 Å². The molecular weight excluding hydrogens is 312 g/mol. The Morgan fingerprint density at radius 2 is 2.00 bits per heavy atom. The molecule has 122 valence electrons. The van der Waals surface area contributed by atoms with E-state index >= 15 is 0 Å². The van der Waals surface area contributed by atoms with Crippen molar-refractivity contribution in [2.45, 2.75) is 38.7 Å². The van der Waals surface area contributed by atoms with E-state index in [2.05, 4.69) is 10.3 Å². The summed E-state index contributed by atoms with van der Waals surface area (Å²) < 4.78 is 6.26. The Morgan fingerprint density at radius 1 is 1.22 bits per heavy atom. The van der Waals surface area contributed by atoms with Gasteiger partial charge in [0.25, 0.3) is 0 Å². The first kappa shape index (κ1) is 15.9. The average molecular weight is 332 g/mol. The molecule has 0 unspecified atom stereocenters. The van der Waals surface area contributed by atoms with E-state index in [1.165, 1.54) is 17.8 Å². The third kappa shape index (κ3) is 4.28. The lowest BCUT2D eigenvalue weighted by Gasteiger charge is -2.20. The molecule has 0 aliphatic heterocycles. The van der Waals surface area contributed by atoms with E-state index in [-0.39, 0.29) is 25.0 Å². The van der Waals surface area contributed by atoms with Crippen LogP contribution in [0.25, 0.3) is 10.2 Å². The number of aromatic nitrogens is 1. The summed E-state index contributed by atoms with van der Waals surface area (Å²) >= 11 is 1.51. The number of nitrogens with zero attached hydrogens (tertiary/aromatic N) is 1. The number of carbonyl (C=O) groups excluding carboxylic acids is 2. The van der Waals surface area contributed by atoms with Gasteiger partial charge in [-0.2, -0.15) is 0 Å². The Morgan fingerprint density at radius 3 is 2.78 bits per heavy atom. The van der Waals surface area contributed by atoms with Gasteiger partial charge in [-0.1, -0.05) is 31.4 Å². The summed E-state index contributed by atoms with van der Waals surface area (Å²) in [6.07, 6.45) is 5.24. The first-order valence-electron chi connectivity index (χ1n) is 8.00. The summed E-state index contributed by atoms with van der Waals surface area (Å²) in [4.78, 5) is 28.1. The minimum Gasteiger partial charge on any atom is -0.457 e. The summed E-state index contributed by atoms with van der Waals surface area (Å²) in [7, 11) is 0. The van der Waals surface area contributed by atoms with Crippen LogP contribution in [0, 0.1) is 5.92 Å². The molecule has 1 aromatic carbocycles. The van der Waals surface area contributed by atoms with Gasteiger partial charge in [0.15, 0.2) is 0 Å². The van der Waals surface area contributed by atoms with Gasteiger partial charge in [0, 0.05) is 5.92 Å². The number of ether oxygens (including phenoxy) is 1. The number of hydrogen-bond acceptors (Lipinski definition) is 5. The molecular formula is C17H20N2O3S. The molecule has 1 aliphatic carbocycles. The fourth-order valence-electron chi connectivity index (χ4n) is 2.84. The highest BCUT2D eigenvalue weighted by Crippen LogP contribution is 2.23. The van der Waals surface area contributed by atoms with E-state index in [9.17, 15) is 9.59 Å². The third-order valence-electron chi connectivity index (χ3n) is 4.08. The largest absolute Gasteiger partial charge is 0.457 e. The molecule has 6 heteroatoms. The predicted octanol–water partition coefficient (Wildman–Crippen LogP) is 3.04. The maximum Gasteiger partial charge on any atom is 0.325 e. The third-order valence-corrected chi connectivity index (χ3v) is 5.09. The van der Waals surface area contributed by atoms with Gasteiger partial charge in [0.2, 0.25) is 5.91 Å². The van der Waals surface area contributed by atoms with Crippen molar-refractivity contribution in [2.75, 3.05) is 6.54 Å². The van der Waals surface area contributed by atoms with Crippen LogP contribution in [0.5, 0.6) is 0 Å². The molecule has 0 spiro atoms. The molecule has 1 heterocycles. The minimum absolute atomic E-state index is 0.0263. The van der Waals surface area contributed by atoms with E-state index in [0.717, 1.165) is 40.9 Å². The zero-order chi connectivity index (χ0) is 16.1. The van der Waals surface area contributed by atoms with Crippen LogP contribution in [0.2, 0.25) is 0 Å². The van der Waals surface area contributed by atoms with E-state index in [4.69, 9.17) is 4.74 Å². The molecule has 1 N–H and O–H groups in total. The Balaban J connectivity index is 1.43. The number of hydrogen-bond donors (Lipinski definition) is 1. The number of thiazole rings is 1. The van der Waals surface area contributed by atoms with E-state index in [1.54, 1.807) is 0 Å². The number of para-hydroxylation sites is 1. The van der Waals surface area contributed by atoms with E-state index < -0.39 is 5.97 Å². The molecule has 0 atom stereocenters. The number of esters is 1. The van der Waals surface area contributed by atoms with Crippen molar-refractivity contribution in [3.8, 4) is 0 Å². The second-order valence-electron chi connectivity index (χ2n) is 5.79. The smallest absolute Gasteiger partial charge is 0.325 e. The molecule has 0 bridgehead atoms. The monoisotopic (exact) mass is 332 g/mol. The highest BCUT2D eigenvalue weighted by Gasteiger charge is 2.21. The van der Waals surface area contributed by atoms with Gasteiger partial charge in [-0.3, -0.25) is 9.59 Å². The Hall–Kier alpha value is -1.95. The van der Waals surface area contributed by atoms with Crippen molar-refractivity contribution in [3.05, 3.63) is 29.3 Å². The van der Waals surface area contributed by atoms with Crippen molar-refractivity contribution >= 4 is 33.4 Å². The maximum absolute atomic E-state index is 12.0. The van der Waals surface area contributed by atoms with Crippen LogP contribution in [-0.4, -0.2) is 23.4 Å². The first-order chi connectivity index (χ1) is 11.2. The van der Waals surface area contributed by atoms with Gasteiger partial charge in [0.1, 0.15) is 18.2 Å². The lowest BCUT2D eigenvalue weighted by atomic mass is 9.89. The molecule has 1 amide bonds. The maximum atomic E-state index is 12.0. The second-order valence-corrected chi connectivity index (χ2v) is 6.90. The fourth-order valence-corrected chi connectivity index (χ4v) is 3.72. The summed E-state index contributed by atoms with van der Waals surface area (Å²) in [6, 6.07) is 7.81. The average Bonchev–Trinajstić information content (AvgIpc) is 3.01. The highest BCUT2D eigenvalue weighted by atomic mass is 32.1. The molecule has 3 rings (SSSR count). The number of amides is 1. The molecule has 23 heavy (non-hydrogen) atoms. The lowest BCUT2D eigenvalue weighted by Crippen LogP contribution is -2.36. The van der Waals surface area contributed by atoms with Crippen LogP contribution in [-0.2, 0) is 20.9 Å². The zero-order valence-corrected chi connectivity index (χ0v) is 13.7. The molecule has 0 saturated heterocycles. The normalized spacial score (nSPS) is 15.5. The molecule has 0 radical (unpaired) electrons. The number of fused-ring (bicyclic) bond motifs is 1. The van der Waals surface area contributed by atoms with Crippen molar-refractivity contribution in [1.29, 1.82) is 0 Å². The Kier molecular flexibility index (Phi) is 5.23. The van der Waals surface area contributed by atoms with Gasteiger partial charge >= 0.3 is 5.97 Å². The van der Waals surface area contributed by atoms with Crippen LogP contribution in [0.15, 0.2) is 24.3 Å². The van der Waals surface area contributed by atoms with Crippen molar-refractivity contribution in [3.63, 3.8) is 0 Å². The van der Waals surface area contributed by atoms with Crippen LogP contribution in [0.4, 0.5) is 0 Å². The Labute approximate surface area is 139 Å². The number of benzene rings is 1. The van der Waals surface area contributed by atoms with Gasteiger partial charge in [-0.25, -0.2) is 4.98 Å². The number of nitrogens with one attached hydrogen (secondary N) is 1. The SMILES string of the molecule is O=C(CNC(=O)C1CCCCC1)OCc1nc2ccccc2s1. The van der Waals surface area contributed by atoms with E-state index in [0.29, 0.717) is 0 Å². The molecule has 2 aromatic rings. The highest BCUT2D eigenvalue weighted by molar-refractivity contribution is 7.18. The van der Waals surface area contributed by atoms with Gasteiger partial charge < -0.3 is 10.1 Å². The van der Waals surface area contributed by atoms with Gasteiger partial charge in [-0.05, 0) is 25.0 Å². The fraction of sp³-hybridized carbons (Fsp3) is 0.471. The summed E-state index contributed by atoms with van der Waals surface area (Å²) in [5.74, 6) is -0.393. The standard InChI is InChI=1S/C17H20N2O3S/c20-16(10-18-17(21)12-6-2-1-3-7-12)22-11-15-19-13-8-4-5-9-14(13)23-15/h4-5,8-9,12H,1-3,6-7,10-11H2,(H,18,21). The number of carbonyl (C=O) groups is 2. The molecule has 1 aromatic heterocycles. The molecule has 1 saturated carbocycles. The Bertz CT molecular complexity index is 659. The molecule has 5 nitrogen and oxygen atoms in total. The van der Waals surface area contributed by atoms with Crippen molar-refractivity contribution < 1.29 is 14.3 Å². The number of rotatable bonds is 5. The summed E-state index contributed by atoms with van der Waals surface area (Å²) in [5, 5.41) is 3.45. The summed E-state index contributed by atoms with van der Waals surface area (Å²) in [6.45, 7) is 0.0811. The van der Waals surface area contributed by atoms with Crippen LogP contribution in [0.3, 0.4) is 0 Å². The quantitative estimate of drug-likeness (QED) is 0.855. The summed E-state index contributed by atoms with van der Waals surface area (Å²) in [5.41, 5.74) is 0.911. The second kappa shape index (κ2) is 7.55. The van der Waals surface area contributed by atoms with Gasteiger partial charge in [0.05, 0.1) is 10.2 Å². The van der Waals surface area contributed by atoms with E-state index in [1.807, 2.05) is 24.3 Å². The van der Waals surface area contributed by atoms with Crippen molar-refractivity contribution in [2.24, 2.45) is 5.92 Å². The minimum atomic E-state index is -0.423. The predicted molar refractivity (Wildman–Crippen MR) is 89.0 cm³/mol. The van der Waals surface area contributed by atoms with Crippen LogP contribution < -0.4 is 5.32 Å². The van der Waals surface area contributed by atoms with Gasteiger partial charge in [-0.15, -0.1) is 11.3 Å². The first-order valence-corrected chi connectivity index (χ1v) is 8.82. The topological polar surface area (TPSA) is 68.3 Å². The zero-order valence-electron chi connectivity index (χ0n) is 12.9. The van der Waals surface area contributed by atoms with Crippen LogP contribution >= 0.6 is 11.3 Å². The molecule has 1 aliphatic rings. The van der Waals surface area contributed by atoms with Crippen LogP contribution in [0.1, 0.15) is 37.1 Å². The lowest BCUT2D eigenvalue weighted by molar-refractivity contribution is -0.145.